The molecule has 3 N–H and O–H groups in total. The highest BCUT2D eigenvalue weighted by Crippen LogP contribution is 2.35. The lowest BCUT2D eigenvalue weighted by Crippen LogP contribution is -2.44. The molecule has 2 aromatic carbocycles. The molecule has 0 spiro atoms. The largest absolute Gasteiger partial charge is 0.593 e. The average Bonchev–Trinajstić information content (AvgIpc) is 3.65. The molecule has 0 radical (unpaired) electrons. The van der Waals surface area contributed by atoms with Gasteiger partial charge < -0.3 is 25.0 Å². The van der Waals surface area contributed by atoms with Gasteiger partial charge in [-0.2, -0.15) is 4.98 Å². The lowest BCUT2D eigenvalue weighted by atomic mass is 10.2. The summed E-state index contributed by atoms with van der Waals surface area (Å²) in [5, 5.41) is 7.65. The zero-order valence-electron chi connectivity index (χ0n) is 21.0. The number of benzene rings is 2. The van der Waals surface area contributed by atoms with Crippen LogP contribution in [0.4, 0.5) is 34.5 Å². The van der Waals surface area contributed by atoms with Crippen LogP contribution in [0, 0.1) is 0 Å². The molecule has 1 saturated carbocycles. The Bertz CT molecular complexity index is 1260. The molecule has 8 nitrogen and oxygen atoms in total. The van der Waals surface area contributed by atoms with Crippen LogP contribution in [0.5, 0.6) is 0 Å². The van der Waals surface area contributed by atoms with E-state index in [0.717, 1.165) is 86.7 Å². The molecule has 6 rings (SSSR count). The second kappa shape index (κ2) is 10.6. The minimum atomic E-state index is -1.11. The average molecular weight is 538 g/mol. The van der Waals surface area contributed by atoms with Gasteiger partial charge in [0.25, 0.3) is 0 Å². The molecular formula is C27H32ClN7OS. The van der Waals surface area contributed by atoms with E-state index in [9.17, 15) is 4.55 Å². The molecule has 37 heavy (non-hydrogen) atoms. The quantitative estimate of drug-likeness (QED) is 0.342. The minimum absolute atomic E-state index is 0.224. The number of anilines is 6. The highest BCUT2D eigenvalue weighted by Gasteiger charge is 2.35. The molecular weight excluding hydrogens is 506 g/mol. The molecule has 1 aromatic heterocycles. The third kappa shape index (κ3) is 5.75. The van der Waals surface area contributed by atoms with Crippen molar-refractivity contribution in [2.24, 2.45) is 0 Å². The predicted octanol–water partition coefficient (Wildman–Crippen LogP) is 5.10. The fourth-order valence-corrected chi connectivity index (χ4v) is 6.17. The molecule has 3 aromatic rings. The van der Waals surface area contributed by atoms with Gasteiger partial charge in [-0.25, -0.2) is 9.71 Å². The van der Waals surface area contributed by atoms with Crippen LogP contribution >= 0.6 is 11.6 Å². The molecule has 0 bridgehead atoms. The van der Waals surface area contributed by atoms with Crippen molar-refractivity contribution in [3.8, 4) is 0 Å². The molecule has 2 aliphatic carbocycles. The van der Waals surface area contributed by atoms with Crippen LogP contribution in [0.3, 0.4) is 0 Å². The van der Waals surface area contributed by atoms with E-state index >= 15 is 0 Å². The number of fused-ring (bicyclic) bond motifs is 1. The lowest BCUT2D eigenvalue weighted by Gasteiger charge is -2.34. The van der Waals surface area contributed by atoms with E-state index in [2.05, 4.69) is 56.5 Å². The highest BCUT2D eigenvalue weighted by molar-refractivity contribution is 7.93. The molecule has 10 heteroatoms. The van der Waals surface area contributed by atoms with Gasteiger partial charge in [0.1, 0.15) is 16.8 Å². The van der Waals surface area contributed by atoms with Crippen LogP contribution in [0.2, 0.25) is 5.02 Å². The first kappa shape index (κ1) is 24.6. The van der Waals surface area contributed by atoms with Gasteiger partial charge in [0.2, 0.25) is 5.95 Å². The Kier molecular flexibility index (Phi) is 7.03. The summed E-state index contributed by atoms with van der Waals surface area (Å²) in [6, 6.07) is 14.1. The van der Waals surface area contributed by atoms with Gasteiger partial charge in [-0.3, -0.25) is 0 Å². The molecule has 3 aliphatic rings. The number of hydrogen-bond acceptors (Lipinski definition) is 8. The minimum Gasteiger partial charge on any atom is -0.593 e. The summed E-state index contributed by atoms with van der Waals surface area (Å²) < 4.78 is 15.5. The van der Waals surface area contributed by atoms with E-state index in [0.29, 0.717) is 16.7 Å². The van der Waals surface area contributed by atoms with Crippen LogP contribution in [0.15, 0.2) is 42.5 Å². The molecule has 2 fully saturated rings. The van der Waals surface area contributed by atoms with Gasteiger partial charge in [0.05, 0.1) is 22.1 Å². The van der Waals surface area contributed by atoms with Crippen LogP contribution in [0.1, 0.15) is 30.5 Å². The Morgan fingerprint density at radius 2 is 1.70 bits per heavy atom. The number of nitrogens with one attached hydrogen (secondary N) is 3. The zero-order chi connectivity index (χ0) is 25.4. The van der Waals surface area contributed by atoms with Crippen molar-refractivity contribution in [1.29, 1.82) is 0 Å². The summed E-state index contributed by atoms with van der Waals surface area (Å²) in [5.41, 5.74) is 5.95. The van der Waals surface area contributed by atoms with Gasteiger partial charge in [-0.05, 0) is 68.8 Å². The van der Waals surface area contributed by atoms with Gasteiger partial charge in [-0.1, -0.05) is 11.6 Å². The fraction of sp³-hybridized carbons (Fsp3) is 0.407. The molecule has 1 aliphatic heterocycles. The number of nitrogens with zero attached hydrogens (tertiary/aromatic N) is 4. The molecule has 2 heterocycles. The molecule has 1 unspecified atom stereocenters. The van der Waals surface area contributed by atoms with Crippen molar-refractivity contribution >= 4 is 57.5 Å². The first-order valence-corrected chi connectivity index (χ1v) is 14.5. The van der Waals surface area contributed by atoms with Gasteiger partial charge >= 0.3 is 0 Å². The smallest absolute Gasteiger partial charge is 0.229 e. The first-order chi connectivity index (χ1) is 18.0. The standard InChI is InChI=1S/C27H32ClN7OS/c1-34-13-15-35(16-14-34)20-8-5-18(6-9-20)30-27-31-24-4-2-3-22(24)26(32-27)29-19-7-12-23(28)25(17-19)33-37(36)21-10-11-21/h5-9,12,17,21,33H,2-4,10-11,13-16H2,1H3,(H2,29,30,31,32). The van der Waals surface area contributed by atoms with E-state index in [-0.39, 0.29) is 5.25 Å². The SMILES string of the molecule is CN1CCN(c2ccc(Nc3nc4c(c(Nc5ccc(Cl)c(N[S+]([O-])C6CC6)c5)n3)CCC4)cc2)CC1. The number of hydrogen-bond donors (Lipinski definition) is 3. The van der Waals surface area contributed by atoms with Crippen LogP contribution in [-0.2, 0) is 24.2 Å². The third-order valence-electron chi connectivity index (χ3n) is 7.19. The summed E-state index contributed by atoms with van der Waals surface area (Å²) in [7, 11) is 2.17. The Morgan fingerprint density at radius 3 is 2.46 bits per heavy atom. The van der Waals surface area contributed by atoms with E-state index < -0.39 is 11.4 Å². The second-order valence-corrected chi connectivity index (χ2v) is 11.9. The van der Waals surface area contributed by atoms with Gasteiger partial charge in [0.15, 0.2) is 0 Å². The Balaban J connectivity index is 1.19. The van der Waals surface area contributed by atoms with E-state index in [4.69, 9.17) is 21.6 Å². The summed E-state index contributed by atoms with van der Waals surface area (Å²) in [4.78, 5) is 14.4. The maximum absolute atomic E-state index is 12.4. The Labute approximate surface area is 226 Å². The number of aromatic nitrogens is 2. The fourth-order valence-electron chi connectivity index (χ4n) is 4.83. The maximum atomic E-state index is 12.4. The van der Waals surface area contributed by atoms with Crippen molar-refractivity contribution < 1.29 is 4.55 Å². The van der Waals surface area contributed by atoms with E-state index in [1.165, 1.54) is 5.69 Å². The van der Waals surface area contributed by atoms with Crippen molar-refractivity contribution in [2.75, 3.05) is 53.5 Å². The highest BCUT2D eigenvalue weighted by atomic mass is 35.5. The lowest BCUT2D eigenvalue weighted by molar-refractivity contribution is 0.313. The molecule has 1 atom stereocenters. The summed E-state index contributed by atoms with van der Waals surface area (Å²) in [6.45, 7) is 4.26. The zero-order valence-corrected chi connectivity index (χ0v) is 22.5. The van der Waals surface area contributed by atoms with Crippen LogP contribution in [-0.4, -0.2) is 57.9 Å². The number of rotatable bonds is 8. The normalized spacial score (nSPS) is 18.4. The van der Waals surface area contributed by atoms with Crippen LogP contribution < -0.4 is 20.3 Å². The summed E-state index contributed by atoms with van der Waals surface area (Å²) in [6.07, 6.45) is 4.95. The summed E-state index contributed by atoms with van der Waals surface area (Å²) >= 11 is 5.27. The first-order valence-electron chi connectivity index (χ1n) is 13.0. The van der Waals surface area contributed by atoms with Gasteiger partial charge in [-0.15, -0.1) is 0 Å². The second-order valence-electron chi connectivity index (χ2n) is 10.1. The van der Waals surface area contributed by atoms with Crippen molar-refractivity contribution in [2.45, 2.75) is 37.4 Å². The molecule has 0 amide bonds. The number of halogens is 1. The number of piperazine rings is 1. The Morgan fingerprint density at radius 1 is 0.946 bits per heavy atom. The van der Waals surface area contributed by atoms with Gasteiger partial charge in [0, 0.05) is 61.6 Å². The number of aryl methyl sites for hydroxylation is 1. The topological polar surface area (TPSA) is 91.4 Å². The molecule has 194 valence electrons. The summed E-state index contributed by atoms with van der Waals surface area (Å²) in [5.74, 6) is 1.38. The van der Waals surface area contributed by atoms with Crippen molar-refractivity contribution in [3.63, 3.8) is 0 Å². The molecule has 1 saturated heterocycles. The maximum Gasteiger partial charge on any atom is 0.229 e. The van der Waals surface area contributed by atoms with E-state index in [1.54, 1.807) is 0 Å². The van der Waals surface area contributed by atoms with Crippen LogP contribution in [0.25, 0.3) is 0 Å². The van der Waals surface area contributed by atoms with E-state index in [1.807, 2.05) is 18.2 Å². The Hall–Kier alpha value is -2.72. The monoisotopic (exact) mass is 537 g/mol. The predicted molar refractivity (Wildman–Crippen MR) is 153 cm³/mol. The van der Waals surface area contributed by atoms with Crippen molar-refractivity contribution in [1.82, 2.24) is 14.9 Å². The third-order valence-corrected chi connectivity index (χ3v) is 9.02. The van der Waals surface area contributed by atoms with Crippen molar-refractivity contribution in [3.05, 3.63) is 58.7 Å². The number of likely N-dealkylation sites (N-methyl/N-ethyl adjacent to an activating group) is 1.